The van der Waals surface area contributed by atoms with E-state index >= 15 is 0 Å². The average molecular weight is 775 g/mol. The molecule has 1 unspecified atom stereocenters. The van der Waals surface area contributed by atoms with Gasteiger partial charge in [0.05, 0.1) is 18.3 Å². The number of amides is 3. The van der Waals surface area contributed by atoms with Gasteiger partial charge < -0.3 is 30.7 Å². The van der Waals surface area contributed by atoms with E-state index in [0.29, 0.717) is 37.2 Å². The van der Waals surface area contributed by atoms with Gasteiger partial charge in [-0.25, -0.2) is 18.0 Å². The molecule has 2 aliphatic rings. The van der Waals surface area contributed by atoms with E-state index < -0.39 is 81.0 Å². The predicted octanol–water partition coefficient (Wildman–Crippen LogP) is 3.41. The van der Waals surface area contributed by atoms with Crippen LogP contribution < -0.4 is 10.6 Å². The van der Waals surface area contributed by atoms with Crippen LogP contribution in [0.3, 0.4) is 0 Å². The highest BCUT2D eigenvalue weighted by Gasteiger charge is 2.60. The third-order valence-electron chi connectivity index (χ3n) is 8.71. The first-order valence-electron chi connectivity index (χ1n) is 15.9. The number of alkyl carbamates (subject to hydrolysis) is 1. The normalized spacial score (nSPS) is 18.8. The summed E-state index contributed by atoms with van der Waals surface area (Å²) in [5.74, 6) is -7.51. The van der Waals surface area contributed by atoms with Crippen LogP contribution in [0, 0.1) is 0 Å². The minimum atomic E-state index is -4.22. The van der Waals surface area contributed by atoms with Crippen LogP contribution in [0.2, 0.25) is 10.0 Å². The van der Waals surface area contributed by atoms with Gasteiger partial charge in [0, 0.05) is 27.7 Å². The number of sulfone groups is 1. The summed E-state index contributed by atoms with van der Waals surface area (Å²) in [6, 6.07) is 17.8. The van der Waals surface area contributed by atoms with Crippen LogP contribution >= 0.6 is 23.2 Å². The van der Waals surface area contributed by atoms with Gasteiger partial charge in [0.25, 0.3) is 5.91 Å². The van der Waals surface area contributed by atoms with Crippen molar-refractivity contribution in [2.24, 2.45) is 0 Å². The fourth-order valence-electron chi connectivity index (χ4n) is 6.26. The van der Waals surface area contributed by atoms with E-state index in [1.54, 1.807) is 66.7 Å². The smallest absolute Gasteiger partial charge is 0.407 e. The molecule has 274 valence electrons. The number of β-lactam (4-membered cyclic amide) rings is 1. The Labute approximate surface area is 307 Å². The summed E-state index contributed by atoms with van der Waals surface area (Å²) in [7, 11) is -4.22. The minimum absolute atomic E-state index is 0.0300. The maximum atomic E-state index is 13.9. The number of ether oxygens (including phenoxy) is 1. The van der Waals surface area contributed by atoms with Crippen molar-refractivity contribution < 1.29 is 52.4 Å². The van der Waals surface area contributed by atoms with Crippen LogP contribution in [-0.2, 0) is 40.4 Å². The van der Waals surface area contributed by atoms with E-state index in [1.807, 2.05) is 0 Å². The molecule has 14 nitrogen and oxygen atoms in total. The number of hydrogen-bond acceptors (Lipinski definition) is 9. The topological polar surface area (TPSA) is 217 Å². The molecule has 2 aliphatic heterocycles. The summed E-state index contributed by atoms with van der Waals surface area (Å²) < 4.78 is 31.5. The van der Waals surface area contributed by atoms with Gasteiger partial charge in [0.2, 0.25) is 5.91 Å². The summed E-state index contributed by atoms with van der Waals surface area (Å²) in [5.41, 5.74) is 0.703. The van der Waals surface area contributed by atoms with E-state index in [-0.39, 0.29) is 31.6 Å². The summed E-state index contributed by atoms with van der Waals surface area (Å²) >= 11 is 12.0. The van der Waals surface area contributed by atoms with Crippen molar-refractivity contribution in [1.82, 2.24) is 15.5 Å². The number of halogens is 2. The van der Waals surface area contributed by atoms with Crippen molar-refractivity contribution in [2.45, 2.75) is 42.7 Å². The molecular weight excluding hydrogens is 741 g/mol. The van der Waals surface area contributed by atoms with Crippen molar-refractivity contribution in [3.63, 3.8) is 0 Å². The lowest BCUT2D eigenvalue weighted by Gasteiger charge is -2.49. The Morgan fingerprint density at radius 1 is 0.942 bits per heavy atom. The molecule has 3 aromatic rings. The number of aliphatic hydroxyl groups is 1. The van der Waals surface area contributed by atoms with Crippen molar-refractivity contribution in [3.8, 4) is 0 Å². The summed E-state index contributed by atoms with van der Waals surface area (Å²) in [6.07, 6.45) is -0.551. The van der Waals surface area contributed by atoms with E-state index in [9.17, 15) is 47.7 Å². The van der Waals surface area contributed by atoms with Gasteiger partial charge >= 0.3 is 18.0 Å². The van der Waals surface area contributed by atoms with E-state index in [1.165, 1.54) is 6.07 Å². The van der Waals surface area contributed by atoms with Crippen LogP contribution in [0.5, 0.6) is 0 Å². The molecule has 0 aliphatic carbocycles. The molecule has 0 radical (unpaired) electrons. The number of carboxylic acid groups (broad SMARTS) is 2. The lowest BCUT2D eigenvalue weighted by atomic mass is 9.86. The monoisotopic (exact) mass is 773 g/mol. The number of aliphatic carboxylic acids is 2. The van der Waals surface area contributed by atoms with Crippen molar-refractivity contribution in [2.75, 3.05) is 18.9 Å². The number of carbonyl (C=O) groups is 5. The molecule has 1 saturated heterocycles. The predicted molar refractivity (Wildman–Crippen MR) is 187 cm³/mol. The summed E-state index contributed by atoms with van der Waals surface area (Å²) in [4.78, 5) is 64.4. The Kier molecular flexibility index (Phi) is 11.9. The third kappa shape index (κ3) is 8.23. The SMILES string of the molecule is O=C(NCCCC(C(=O)N[C@H]1C(=O)N2C(C(=O)O)=C(CO)CS(=O)(=O)[C@@H]12)c1cccc([C@@H](C(=O)O)c2ccccc2)c1)OCc1ccc(Cl)cc1Cl. The van der Waals surface area contributed by atoms with Crippen molar-refractivity contribution in [1.29, 1.82) is 0 Å². The molecule has 17 heteroatoms. The highest BCUT2D eigenvalue weighted by molar-refractivity contribution is 7.92. The average Bonchev–Trinajstić information content (AvgIpc) is 3.09. The second-order valence-corrected chi connectivity index (χ2v) is 15.0. The molecule has 3 aromatic carbocycles. The van der Waals surface area contributed by atoms with Crippen LogP contribution in [0.1, 0.15) is 46.9 Å². The molecule has 5 N–H and O–H groups in total. The first-order chi connectivity index (χ1) is 24.7. The number of benzene rings is 3. The largest absolute Gasteiger partial charge is 0.481 e. The standard InChI is InChI=1S/C35H33Cl2N3O11S/c36-24-12-11-22(26(37)15-24)17-51-35(48)38-13-5-10-25(20-8-4-9-21(14-20)27(33(44)45)19-6-2-1-3-7-19)30(42)39-28-31(43)40-29(34(46)47)23(16-41)18-52(49,50)32(28)40/h1-4,6-9,11-12,14-15,25,27-28,32,41H,5,10,13,16-18H2,(H,38,48)(H,39,42)(H,44,45)(H,46,47)/t25?,27-,28-,32-/m0/s1. The highest BCUT2D eigenvalue weighted by atomic mass is 35.5. The maximum Gasteiger partial charge on any atom is 0.407 e. The molecule has 3 amide bonds. The molecule has 2 heterocycles. The zero-order valence-corrected chi connectivity index (χ0v) is 29.5. The molecule has 0 bridgehead atoms. The fraction of sp³-hybridized carbons (Fsp3) is 0.286. The molecule has 0 saturated carbocycles. The van der Waals surface area contributed by atoms with Gasteiger partial charge in [-0.15, -0.1) is 0 Å². The number of nitrogens with zero attached hydrogens (tertiary/aromatic N) is 1. The van der Waals surface area contributed by atoms with Gasteiger partial charge in [-0.1, -0.05) is 83.9 Å². The van der Waals surface area contributed by atoms with E-state index in [2.05, 4.69) is 10.6 Å². The quantitative estimate of drug-likeness (QED) is 0.118. The maximum absolute atomic E-state index is 13.9. The van der Waals surface area contributed by atoms with Crippen LogP contribution in [0.25, 0.3) is 0 Å². The molecule has 52 heavy (non-hydrogen) atoms. The number of fused-ring (bicyclic) bond motifs is 1. The van der Waals surface area contributed by atoms with Crippen LogP contribution in [0.15, 0.2) is 84.1 Å². The van der Waals surface area contributed by atoms with Gasteiger partial charge in [-0.05, 0) is 41.7 Å². The lowest BCUT2D eigenvalue weighted by molar-refractivity contribution is -0.151. The van der Waals surface area contributed by atoms with Gasteiger partial charge in [-0.2, -0.15) is 0 Å². The van der Waals surface area contributed by atoms with E-state index in [4.69, 9.17) is 27.9 Å². The molecule has 4 atom stereocenters. The number of hydrogen-bond donors (Lipinski definition) is 5. The first kappa shape index (κ1) is 38.3. The Bertz CT molecular complexity index is 2040. The molecule has 0 aromatic heterocycles. The molecule has 1 fully saturated rings. The van der Waals surface area contributed by atoms with Gasteiger partial charge in [0.1, 0.15) is 24.3 Å². The summed E-state index contributed by atoms with van der Waals surface area (Å²) in [5, 5.41) is 33.5. The summed E-state index contributed by atoms with van der Waals surface area (Å²) in [6.45, 7) is -1.01. The number of nitrogens with one attached hydrogen (secondary N) is 2. The van der Waals surface area contributed by atoms with Gasteiger partial charge in [0.15, 0.2) is 15.2 Å². The Morgan fingerprint density at radius 3 is 2.29 bits per heavy atom. The molecular formula is C35H33Cl2N3O11S. The van der Waals surface area contributed by atoms with Crippen molar-refractivity contribution in [3.05, 3.63) is 116 Å². The third-order valence-corrected chi connectivity index (χ3v) is 11.3. The van der Waals surface area contributed by atoms with Crippen molar-refractivity contribution >= 4 is 62.9 Å². The van der Waals surface area contributed by atoms with Crippen LogP contribution in [-0.4, -0.2) is 88.8 Å². The number of carboxylic acids is 2. The zero-order valence-electron chi connectivity index (χ0n) is 27.2. The Balaban J connectivity index is 1.35. The second kappa shape index (κ2) is 16.2. The number of rotatable bonds is 14. The van der Waals surface area contributed by atoms with E-state index in [0.717, 1.165) is 0 Å². The van der Waals surface area contributed by atoms with Gasteiger partial charge in [-0.3, -0.25) is 19.3 Å². The molecule has 5 rings (SSSR count). The first-order valence-corrected chi connectivity index (χ1v) is 18.3. The fourth-order valence-corrected chi connectivity index (χ4v) is 8.73. The Hall–Kier alpha value is -4.96. The molecule has 0 spiro atoms. The lowest BCUT2D eigenvalue weighted by Crippen LogP contribution is -2.75. The number of aliphatic hydroxyl groups excluding tert-OH is 1. The number of carbonyl (C=O) groups excluding carboxylic acids is 3. The Morgan fingerprint density at radius 2 is 1.63 bits per heavy atom. The zero-order chi connectivity index (χ0) is 37.7. The highest BCUT2D eigenvalue weighted by Crippen LogP contribution is 2.37. The second-order valence-electron chi connectivity index (χ2n) is 12.1. The minimum Gasteiger partial charge on any atom is -0.481 e. The van der Waals surface area contributed by atoms with Crippen LogP contribution in [0.4, 0.5) is 4.79 Å².